The molecule has 0 aromatic heterocycles. The van der Waals surface area contributed by atoms with Gasteiger partial charge >= 0.3 is 0 Å². The molecule has 0 aromatic carbocycles. The lowest BCUT2D eigenvalue weighted by atomic mass is 9.96. The molecular formula is C6H11NO5. The minimum Gasteiger partial charge on any atom is -0.394 e. The van der Waals surface area contributed by atoms with E-state index in [0.29, 0.717) is 0 Å². The molecule has 1 fully saturated rings. The van der Waals surface area contributed by atoms with Crippen LogP contribution in [-0.4, -0.2) is 57.3 Å². The van der Waals surface area contributed by atoms with Crippen molar-refractivity contribution in [3.05, 3.63) is 0 Å². The summed E-state index contributed by atoms with van der Waals surface area (Å²) in [7, 11) is 0. The standard InChI is InChI=1S/C6H11NO5/c8-1-2-3(9)4(10)5(11)6(12)7-2/h2-5,8-11H,1H2,(H,7,12)/t2-,3+,4+,5-/m0/s1. The molecule has 5 N–H and O–H groups in total. The molecule has 1 amide bonds. The van der Waals surface area contributed by atoms with Crippen LogP contribution in [0.1, 0.15) is 0 Å². The lowest BCUT2D eigenvalue weighted by molar-refractivity contribution is -0.155. The molecule has 0 unspecified atom stereocenters. The predicted octanol–water partition coefficient (Wildman–Crippen LogP) is -3.44. The molecular weight excluding hydrogens is 166 g/mol. The molecule has 70 valence electrons. The van der Waals surface area contributed by atoms with Gasteiger partial charge in [0.25, 0.3) is 5.91 Å². The molecule has 0 aromatic rings. The molecule has 1 aliphatic heterocycles. The molecule has 1 saturated heterocycles. The van der Waals surface area contributed by atoms with Gasteiger partial charge in [-0.25, -0.2) is 0 Å². The van der Waals surface area contributed by atoms with Gasteiger partial charge in [0.05, 0.1) is 12.6 Å². The molecule has 0 saturated carbocycles. The third kappa shape index (κ3) is 1.42. The highest BCUT2D eigenvalue weighted by molar-refractivity contribution is 5.82. The quantitative estimate of drug-likeness (QED) is 0.286. The molecule has 1 rings (SSSR count). The molecule has 6 heteroatoms. The van der Waals surface area contributed by atoms with Crippen molar-refractivity contribution in [3.63, 3.8) is 0 Å². The highest BCUT2D eigenvalue weighted by atomic mass is 16.4. The Morgan fingerprint density at radius 2 is 1.83 bits per heavy atom. The van der Waals surface area contributed by atoms with Gasteiger partial charge in [-0.1, -0.05) is 0 Å². The zero-order valence-corrected chi connectivity index (χ0v) is 6.21. The van der Waals surface area contributed by atoms with Crippen LogP contribution in [0.25, 0.3) is 0 Å². The minimum absolute atomic E-state index is 0.476. The molecule has 1 aliphatic rings. The van der Waals surface area contributed by atoms with Gasteiger partial charge in [-0.05, 0) is 0 Å². The first-order chi connectivity index (χ1) is 5.57. The second-order valence-corrected chi connectivity index (χ2v) is 2.72. The van der Waals surface area contributed by atoms with Crippen molar-refractivity contribution in [3.8, 4) is 0 Å². The number of hydrogen-bond acceptors (Lipinski definition) is 5. The van der Waals surface area contributed by atoms with Gasteiger partial charge in [0.15, 0.2) is 6.10 Å². The summed E-state index contributed by atoms with van der Waals surface area (Å²) in [6, 6.07) is -0.907. The fourth-order valence-electron chi connectivity index (χ4n) is 1.09. The maximum absolute atomic E-state index is 10.8. The maximum Gasteiger partial charge on any atom is 0.252 e. The molecule has 6 nitrogen and oxygen atoms in total. The third-order valence-corrected chi connectivity index (χ3v) is 1.88. The lowest BCUT2D eigenvalue weighted by Gasteiger charge is -2.34. The molecule has 4 atom stereocenters. The monoisotopic (exact) mass is 177 g/mol. The summed E-state index contributed by atoms with van der Waals surface area (Å²) in [5.74, 6) is -0.785. The van der Waals surface area contributed by atoms with Crippen molar-refractivity contribution in [2.24, 2.45) is 0 Å². The molecule has 12 heavy (non-hydrogen) atoms. The molecule has 0 bridgehead atoms. The summed E-state index contributed by atoms with van der Waals surface area (Å²) in [4.78, 5) is 10.8. The van der Waals surface area contributed by atoms with Crippen molar-refractivity contribution in [1.82, 2.24) is 5.32 Å². The number of carbonyl (C=O) groups excluding carboxylic acids is 1. The number of hydrogen-bond donors (Lipinski definition) is 5. The zero-order chi connectivity index (χ0) is 9.30. The van der Waals surface area contributed by atoms with Crippen LogP contribution in [0.4, 0.5) is 0 Å². The summed E-state index contributed by atoms with van der Waals surface area (Å²) in [5, 5.41) is 37.9. The minimum atomic E-state index is -1.62. The fraction of sp³-hybridized carbons (Fsp3) is 0.833. The Bertz CT molecular complexity index is 183. The van der Waals surface area contributed by atoms with E-state index in [9.17, 15) is 4.79 Å². The van der Waals surface area contributed by atoms with Crippen LogP contribution in [0.15, 0.2) is 0 Å². The summed E-state index contributed by atoms with van der Waals surface area (Å²) < 4.78 is 0. The highest BCUT2D eigenvalue weighted by Gasteiger charge is 2.40. The maximum atomic E-state index is 10.8. The second kappa shape index (κ2) is 3.36. The Kier molecular flexibility index (Phi) is 2.63. The summed E-state index contributed by atoms with van der Waals surface area (Å²) in [5.41, 5.74) is 0. The largest absolute Gasteiger partial charge is 0.394 e. The summed E-state index contributed by atoms with van der Waals surface area (Å²) in [6.07, 6.45) is -4.48. The smallest absolute Gasteiger partial charge is 0.252 e. The van der Waals surface area contributed by atoms with Gasteiger partial charge in [0.2, 0.25) is 0 Å². The van der Waals surface area contributed by atoms with Crippen LogP contribution >= 0.6 is 0 Å². The summed E-state index contributed by atoms with van der Waals surface area (Å²) >= 11 is 0. The predicted molar refractivity (Wildman–Crippen MR) is 37.0 cm³/mol. The molecule has 0 radical (unpaired) electrons. The number of aliphatic hydroxyl groups excluding tert-OH is 4. The zero-order valence-electron chi connectivity index (χ0n) is 6.21. The van der Waals surface area contributed by atoms with Gasteiger partial charge in [-0.3, -0.25) is 4.79 Å². The van der Waals surface area contributed by atoms with E-state index < -0.39 is 36.9 Å². The van der Waals surface area contributed by atoms with Crippen LogP contribution in [0.5, 0.6) is 0 Å². The van der Waals surface area contributed by atoms with Crippen molar-refractivity contribution in [1.29, 1.82) is 0 Å². The van der Waals surface area contributed by atoms with Crippen molar-refractivity contribution in [2.75, 3.05) is 6.61 Å². The van der Waals surface area contributed by atoms with E-state index in [1.54, 1.807) is 0 Å². The fourth-order valence-corrected chi connectivity index (χ4v) is 1.09. The van der Waals surface area contributed by atoms with E-state index in [1.165, 1.54) is 0 Å². The van der Waals surface area contributed by atoms with Gasteiger partial charge < -0.3 is 25.7 Å². The molecule has 0 aliphatic carbocycles. The SMILES string of the molecule is O=C1N[C@@H](CO)[C@@H](O)[C@@H](O)[C@@H]1O. The number of aliphatic hydroxyl groups is 4. The van der Waals surface area contributed by atoms with Crippen molar-refractivity contribution < 1.29 is 25.2 Å². The topological polar surface area (TPSA) is 110 Å². The highest BCUT2D eigenvalue weighted by Crippen LogP contribution is 2.10. The van der Waals surface area contributed by atoms with E-state index >= 15 is 0 Å². The first-order valence-electron chi connectivity index (χ1n) is 3.53. The van der Waals surface area contributed by atoms with Crippen LogP contribution in [0, 0.1) is 0 Å². The van der Waals surface area contributed by atoms with Gasteiger partial charge in [0.1, 0.15) is 12.2 Å². The Labute approximate surface area is 68.4 Å². The first kappa shape index (κ1) is 9.40. The first-order valence-corrected chi connectivity index (χ1v) is 3.53. The van der Waals surface area contributed by atoms with E-state index in [4.69, 9.17) is 20.4 Å². The lowest BCUT2D eigenvalue weighted by Crippen LogP contribution is -2.63. The Morgan fingerprint density at radius 3 is 2.33 bits per heavy atom. The van der Waals surface area contributed by atoms with Crippen molar-refractivity contribution >= 4 is 5.91 Å². The average molecular weight is 177 g/mol. The van der Waals surface area contributed by atoms with Gasteiger partial charge in [0, 0.05) is 0 Å². The van der Waals surface area contributed by atoms with Crippen LogP contribution < -0.4 is 5.32 Å². The van der Waals surface area contributed by atoms with Crippen molar-refractivity contribution in [2.45, 2.75) is 24.4 Å². The van der Waals surface area contributed by atoms with E-state index in [2.05, 4.69) is 5.32 Å². The average Bonchev–Trinajstić information content (AvgIpc) is 2.08. The Morgan fingerprint density at radius 1 is 1.25 bits per heavy atom. The Hall–Kier alpha value is -0.690. The van der Waals surface area contributed by atoms with E-state index in [0.717, 1.165) is 0 Å². The van der Waals surface area contributed by atoms with E-state index in [1.807, 2.05) is 0 Å². The van der Waals surface area contributed by atoms with E-state index in [-0.39, 0.29) is 0 Å². The number of carbonyl (C=O) groups is 1. The van der Waals surface area contributed by atoms with Gasteiger partial charge in [-0.2, -0.15) is 0 Å². The van der Waals surface area contributed by atoms with Crippen LogP contribution in [-0.2, 0) is 4.79 Å². The number of amides is 1. The number of piperidine rings is 1. The van der Waals surface area contributed by atoms with Gasteiger partial charge in [-0.15, -0.1) is 0 Å². The molecule has 0 spiro atoms. The van der Waals surface area contributed by atoms with Crippen LogP contribution in [0.2, 0.25) is 0 Å². The summed E-state index contributed by atoms with van der Waals surface area (Å²) in [6.45, 7) is -0.476. The third-order valence-electron chi connectivity index (χ3n) is 1.88. The molecule has 1 heterocycles. The second-order valence-electron chi connectivity index (χ2n) is 2.72. The Balaban J connectivity index is 2.70. The number of rotatable bonds is 1. The van der Waals surface area contributed by atoms with Crippen LogP contribution in [0.3, 0.4) is 0 Å². The number of nitrogens with one attached hydrogen (secondary N) is 1. The normalized spacial score (nSPS) is 42.5.